The number of nitrogens with one attached hydrogen (secondary N) is 3. The highest BCUT2D eigenvalue weighted by atomic mass is 35.5. The van der Waals surface area contributed by atoms with Crippen LogP contribution in [-0.2, 0) is 26.0 Å². The molecule has 0 aliphatic rings. The summed E-state index contributed by atoms with van der Waals surface area (Å²) >= 11 is 5.94. The van der Waals surface area contributed by atoms with Crippen LogP contribution >= 0.6 is 11.6 Å². The first-order valence-electron chi connectivity index (χ1n) is 11.8. The predicted octanol–water partition coefficient (Wildman–Crippen LogP) is 3.93. The summed E-state index contributed by atoms with van der Waals surface area (Å²) < 4.78 is 28.9. The third-order valence-electron chi connectivity index (χ3n) is 6.15. The fourth-order valence-electron chi connectivity index (χ4n) is 3.77. The molecule has 196 valence electrons. The molecule has 2 amide bonds. The van der Waals surface area contributed by atoms with E-state index in [2.05, 4.69) is 10.0 Å². The fourth-order valence-corrected chi connectivity index (χ4v) is 5.20. The first kappa shape index (κ1) is 28.3. The van der Waals surface area contributed by atoms with E-state index in [1.54, 1.807) is 60.9 Å². The number of amides is 2. The third kappa shape index (κ3) is 7.62. The predicted molar refractivity (Wildman–Crippen MR) is 142 cm³/mol. The van der Waals surface area contributed by atoms with Crippen LogP contribution in [0, 0.1) is 5.92 Å². The van der Waals surface area contributed by atoms with E-state index < -0.39 is 33.9 Å². The Morgan fingerprint density at radius 3 is 2.00 bits per heavy atom. The van der Waals surface area contributed by atoms with Crippen LogP contribution in [0.4, 0.5) is 0 Å². The van der Waals surface area contributed by atoms with Crippen LogP contribution in [0.5, 0.6) is 0 Å². The fraction of sp³-hybridized carbons (Fsp3) is 0.259. The molecule has 8 nitrogen and oxygen atoms in total. The summed E-state index contributed by atoms with van der Waals surface area (Å²) in [7, 11) is -4.07. The van der Waals surface area contributed by atoms with Crippen LogP contribution < -0.4 is 15.5 Å². The van der Waals surface area contributed by atoms with Crippen molar-refractivity contribution in [3.63, 3.8) is 0 Å². The second kappa shape index (κ2) is 12.8. The molecule has 0 saturated heterocycles. The summed E-state index contributed by atoms with van der Waals surface area (Å²) in [5, 5.41) is 12.4. The van der Waals surface area contributed by atoms with Gasteiger partial charge in [-0.15, -0.1) is 0 Å². The van der Waals surface area contributed by atoms with Crippen LogP contribution in [0.25, 0.3) is 11.1 Å². The van der Waals surface area contributed by atoms with Crippen LogP contribution in [-0.4, -0.2) is 37.5 Å². The molecular formula is C27H30ClN3O5S. The molecule has 0 aromatic heterocycles. The molecule has 0 heterocycles. The molecule has 0 aliphatic heterocycles. The van der Waals surface area contributed by atoms with Gasteiger partial charge >= 0.3 is 0 Å². The van der Waals surface area contributed by atoms with Gasteiger partial charge in [0.2, 0.25) is 15.9 Å². The largest absolute Gasteiger partial charge is 0.342 e. The average Bonchev–Trinajstić information content (AvgIpc) is 2.91. The maximum atomic E-state index is 13.2. The number of hydrogen-bond acceptors (Lipinski definition) is 5. The Morgan fingerprint density at radius 1 is 0.892 bits per heavy atom. The normalized spacial score (nSPS) is 13.8. The summed E-state index contributed by atoms with van der Waals surface area (Å²) in [6.45, 7) is 3.58. The van der Waals surface area contributed by atoms with Crippen LogP contribution in [0.1, 0.15) is 25.8 Å². The van der Waals surface area contributed by atoms with Gasteiger partial charge in [0.1, 0.15) is 12.1 Å². The lowest BCUT2D eigenvalue weighted by atomic mass is 9.98. The molecule has 0 saturated carbocycles. The van der Waals surface area contributed by atoms with Gasteiger partial charge in [-0.2, -0.15) is 4.72 Å². The van der Waals surface area contributed by atoms with Gasteiger partial charge in [0, 0.05) is 11.4 Å². The van der Waals surface area contributed by atoms with Gasteiger partial charge in [-0.1, -0.05) is 86.5 Å². The van der Waals surface area contributed by atoms with E-state index >= 15 is 0 Å². The second-order valence-electron chi connectivity index (χ2n) is 8.74. The molecule has 0 fully saturated rings. The Bertz CT molecular complexity index is 1300. The Balaban J connectivity index is 1.79. The van der Waals surface area contributed by atoms with E-state index in [9.17, 15) is 23.2 Å². The van der Waals surface area contributed by atoms with Crippen molar-refractivity contribution in [2.24, 2.45) is 5.92 Å². The molecule has 37 heavy (non-hydrogen) atoms. The van der Waals surface area contributed by atoms with E-state index in [4.69, 9.17) is 11.6 Å². The van der Waals surface area contributed by atoms with E-state index in [-0.39, 0.29) is 17.2 Å². The van der Waals surface area contributed by atoms with E-state index in [1.807, 2.05) is 25.1 Å². The van der Waals surface area contributed by atoms with Crippen LogP contribution in [0.15, 0.2) is 83.8 Å². The standard InChI is InChI=1S/C27H30ClN3O5S/c1-3-18(2)25(27(33)29-24(26(32)30-34)17-19-7-5-4-6-8-19)31-37(35,36)23-15-11-21(12-16-23)20-9-13-22(28)14-10-20/h4-16,18,24-25,31,34H,3,17H2,1-2H3,(H,29,33)(H,30,32)/t18-,24-,25+/m0/s1. The molecular weight excluding hydrogens is 514 g/mol. The summed E-state index contributed by atoms with van der Waals surface area (Å²) in [6, 6.07) is 20.2. The SMILES string of the molecule is CC[C@H](C)[C@@H](NS(=O)(=O)c1ccc(-c2ccc(Cl)cc2)cc1)C(=O)N[C@@H](Cc1ccccc1)C(=O)NO. The lowest BCUT2D eigenvalue weighted by Gasteiger charge is -2.26. The van der Waals surface area contributed by atoms with Gasteiger partial charge in [-0.3, -0.25) is 14.8 Å². The van der Waals surface area contributed by atoms with E-state index in [0.717, 1.165) is 16.7 Å². The van der Waals surface area contributed by atoms with Crippen molar-refractivity contribution < 1.29 is 23.2 Å². The number of rotatable bonds is 11. The zero-order valence-corrected chi connectivity index (χ0v) is 22.1. The minimum Gasteiger partial charge on any atom is -0.342 e. The summed E-state index contributed by atoms with van der Waals surface area (Å²) in [5.41, 5.74) is 4.02. The molecule has 3 atom stereocenters. The lowest BCUT2D eigenvalue weighted by Crippen LogP contribution is -2.56. The maximum Gasteiger partial charge on any atom is 0.266 e. The van der Waals surface area contributed by atoms with Crippen LogP contribution in [0.3, 0.4) is 0 Å². The van der Waals surface area contributed by atoms with Gasteiger partial charge in [0.25, 0.3) is 5.91 Å². The Hall–Kier alpha value is -3.24. The van der Waals surface area contributed by atoms with Crippen molar-refractivity contribution >= 4 is 33.4 Å². The molecule has 0 aliphatic carbocycles. The summed E-state index contributed by atoms with van der Waals surface area (Å²) in [4.78, 5) is 25.5. The zero-order valence-electron chi connectivity index (χ0n) is 20.5. The number of hydrogen-bond donors (Lipinski definition) is 4. The minimum absolute atomic E-state index is 0.000235. The Kier molecular flexibility index (Phi) is 9.82. The van der Waals surface area contributed by atoms with Gasteiger partial charge in [-0.05, 0) is 46.9 Å². The number of sulfonamides is 1. The van der Waals surface area contributed by atoms with Crippen molar-refractivity contribution in [2.45, 2.75) is 43.7 Å². The van der Waals surface area contributed by atoms with E-state index in [0.29, 0.717) is 11.4 Å². The molecule has 3 rings (SSSR count). The number of carbonyl (C=O) groups is 2. The lowest BCUT2D eigenvalue weighted by molar-refractivity contribution is -0.135. The number of benzene rings is 3. The third-order valence-corrected chi connectivity index (χ3v) is 7.85. The van der Waals surface area contributed by atoms with E-state index in [1.165, 1.54) is 12.1 Å². The first-order valence-corrected chi connectivity index (χ1v) is 13.7. The number of hydroxylamine groups is 1. The maximum absolute atomic E-state index is 13.2. The highest BCUT2D eigenvalue weighted by molar-refractivity contribution is 7.89. The smallest absolute Gasteiger partial charge is 0.266 e. The molecule has 10 heteroatoms. The summed E-state index contributed by atoms with van der Waals surface area (Å²) in [6.07, 6.45) is 0.622. The first-order chi connectivity index (χ1) is 17.6. The molecule has 4 N–H and O–H groups in total. The quantitative estimate of drug-likeness (QED) is 0.215. The summed E-state index contributed by atoms with van der Waals surface area (Å²) in [5.74, 6) is -1.85. The van der Waals surface area contributed by atoms with Gasteiger partial charge < -0.3 is 5.32 Å². The minimum atomic E-state index is -4.07. The van der Waals surface area contributed by atoms with Gasteiger partial charge in [-0.25, -0.2) is 13.9 Å². The average molecular weight is 544 g/mol. The van der Waals surface area contributed by atoms with Gasteiger partial charge in [0.05, 0.1) is 4.90 Å². The Labute approximate surface area is 222 Å². The highest BCUT2D eigenvalue weighted by Gasteiger charge is 2.32. The molecule has 3 aromatic rings. The van der Waals surface area contributed by atoms with Crippen molar-refractivity contribution in [3.05, 3.63) is 89.4 Å². The molecule has 0 radical (unpaired) electrons. The molecule has 3 aromatic carbocycles. The molecule has 0 unspecified atom stereocenters. The van der Waals surface area contributed by atoms with Crippen molar-refractivity contribution in [2.75, 3.05) is 0 Å². The van der Waals surface area contributed by atoms with Crippen LogP contribution in [0.2, 0.25) is 5.02 Å². The van der Waals surface area contributed by atoms with Crippen molar-refractivity contribution in [1.29, 1.82) is 0 Å². The number of halogens is 1. The van der Waals surface area contributed by atoms with Crippen molar-refractivity contribution in [3.8, 4) is 11.1 Å². The zero-order chi connectivity index (χ0) is 27.0. The highest BCUT2D eigenvalue weighted by Crippen LogP contribution is 2.23. The second-order valence-corrected chi connectivity index (χ2v) is 10.9. The molecule has 0 bridgehead atoms. The number of carbonyl (C=O) groups excluding carboxylic acids is 2. The monoisotopic (exact) mass is 543 g/mol. The van der Waals surface area contributed by atoms with Gasteiger partial charge in [0.15, 0.2) is 0 Å². The Morgan fingerprint density at radius 2 is 1.46 bits per heavy atom. The topological polar surface area (TPSA) is 125 Å². The van der Waals surface area contributed by atoms with Crippen molar-refractivity contribution in [1.82, 2.24) is 15.5 Å². The molecule has 0 spiro atoms.